The number of carbonyl (C=O) groups is 2. The van der Waals surface area contributed by atoms with Gasteiger partial charge in [0, 0.05) is 117 Å². The molecule has 6 aromatic rings. The standard InChI is InChI=1S/2C34H45FN6O4/c1-21-14-24-23(9-10-27-25(24)17-37-41(27)30-8-6-7-13-44-30)31(40(21)20-34(35)11-12-34)26-16-36-29(15-28(26)43-5)38-22-18-39(19-22)32(42)45-33(2,3)4;1-21-14-24-23(9-10-27-26(24)19-41(38-27)30-8-6-7-13-44-30)31(40(21)20-34(35)11-12-34)25-16-36-29(15-28(25)43-5)37-22-17-39(18-22)32(42)45-33(2,3)4/h9-10,15-17,21-22,30-31H,6-8,11-14,18-20H2,1-5H3,(H,36,38);9-10,15-16,19,21-22,30-31H,6-8,11-14,17-18,20H2,1-5H3,(H,36,37)/t2*21-,30?,31+/m11/s1. The molecule has 2 aromatic carbocycles. The second-order valence-corrected chi connectivity index (χ2v) is 28.6. The third kappa shape index (κ3) is 13.0. The number of halogens is 2. The Morgan fingerprint density at radius 1 is 0.633 bits per heavy atom. The van der Waals surface area contributed by atoms with Crippen LogP contribution in [0.2, 0.25) is 0 Å². The number of nitrogens with one attached hydrogen (secondary N) is 2. The molecule has 2 aliphatic carbocycles. The van der Waals surface area contributed by atoms with Crippen LogP contribution in [0, 0.1) is 0 Å². The molecule has 8 aliphatic rings. The molecular formula is C68H90F2N12O8. The summed E-state index contributed by atoms with van der Waals surface area (Å²) in [6.07, 6.45) is 17.6. The van der Waals surface area contributed by atoms with E-state index in [1.165, 1.54) is 11.1 Å². The van der Waals surface area contributed by atoms with E-state index in [-0.39, 0.29) is 60.9 Å². The minimum absolute atomic E-state index is 0.0346. The number of hydrogen-bond acceptors (Lipinski definition) is 16. The molecule has 2 saturated carbocycles. The molecule has 2 unspecified atom stereocenters. The van der Waals surface area contributed by atoms with Gasteiger partial charge in [0.1, 0.15) is 51.9 Å². The number of likely N-dealkylation sites (tertiary alicyclic amines) is 2. The highest BCUT2D eigenvalue weighted by Gasteiger charge is 2.50. The highest BCUT2D eigenvalue weighted by atomic mass is 19.1. The SMILES string of the molecule is COc1cc(NC2CN(C(=O)OC(C)(C)C)C2)ncc1[C@@H]1c2ccc3c(cnn3C3CCCCO3)c2C[C@@H](C)N1CC1(F)CC1.COc1cc(NC2CN(C(=O)OC(C)(C)C)C2)ncc1[C@@H]1c2ccc3nn(C4CCCCO4)cc3c2C[C@@H](C)N1CC1(F)CC1. The molecule has 20 nitrogen and oxygen atoms in total. The molecule has 2 amide bonds. The average Bonchev–Trinajstić information content (AvgIpc) is 1.15. The molecule has 484 valence electrons. The van der Waals surface area contributed by atoms with Gasteiger partial charge in [0.15, 0.2) is 6.23 Å². The molecule has 10 heterocycles. The summed E-state index contributed by atoms with van der Waals surface area (Å²) in [6.45, 7) is 20.0. The average molecular weight is 1240 g/mol. The fourth-order valence-electron chi connectivity index (χ4n) is 14.0. The van der Waals surface area contributed by atoms with Crippen molar-refractivity contribution in [1.82, 2.24) is 49.1 Å². The molecule has 4 aromatic heterocycles. The van der Waals surface area contributed by atoms with Crippen molar-refractivity contribution < 1.29 is 46.8 Å². The summed E-state index contributed by atoms with van der Waals surface area (Å²) in [5, 5.41) is 18.9. The van der Waals surface area contributed by atoms with Crippen LogP contribution in [0.15, 0.2) is 61.2 Å². The van der Waals surface area contributed by atoms with Crippen molar-refractivity contribution in [1.29, 1.82) is 0 Å². The lowest BCUT2D eigenvalue weighted by Crippen LogP contribution is -2.58. The number of carbonyl (C=O) groups excluding carboxylic acids is 2. The van der Waals surface area contributed by atoms with E-state index in [1.54, 1.807) is 24.0 Å². The number of amides is 2. The van der Waals surface area contributed by atoms with Crippen LogP contribution in [-0.4, -0.2) is 175 Å². The molecule has 0 spiro atoms. The normalized spacial score (nSPS) is 25.0. The number of ether oxygens (including phenoxy) is 6. The number of rotatable bonds is 14. The maximum absolute atomic E-state index is 15.4. The zero-order valence-corrected chi connectivity index (χ0v) is 54.0. The summed E-state index contributed by atoms with van der Waals surface area (Å²) < 4.78 is 70.0. The van der Waals surface area contributed by atoms with Crippen molar-refractivity contribution in [3.05, 3.63) is 94.6 Å². The van der Waals surface area contributed by atoms with Crippen molar-refractivity contribution in [3.8, 4) is 11.5 Å². The van der Waals surface area contributed by atoms with Crippen LogP contribution in [0.25, 0.3) is 21.8 Å². The Balaban J connectivity index is 0.000000165. The van der Waals surface area contributed by atoms with Crippen LogP contribution in [0.1, 0.15) is 178 Å². The third-order valence-corrected chi connectivity index (χ3v) is 19.2. The van der Waals surface area contributed by atoms with E-state index in [4.69, 9.17) is 48.6 Å². The Kier molecular flexibility index (Phi) is 16.7. The maximum Gasteiger partial charge on any atom is 0.410 e. The summed E-state index contributed by atoms with van der Waals surface area (Å²) in [7, 11) is 3.34. The van der Waals surface area contributed by atoms with Gasteiger partial charge in [0.25, 0.3) is 0 Å². The number of pyridine rings is 2. The van der Waals surface area contributed by atoms with Crippen LogP contribution in [0.3, 0.4) is 0 Å². The van der Waals surface area contributed by atoms with Crippen LogP contribution in [0.5, 0.6) is 11.5 Å². The number of nitrogens with zero attached hydrogens (tertiary/aromatic N) is 10. The predicted octanol–water partition coefficient (Wildman–Crippen LogP) is 12.0. The second-order valence-electron chi connectivity index (χ2n) is 28.6. The molecular weight excluding hydrogens is 1150 g/mol. The highest BCUT2D eigenvalue weighted by Crippen LogP contribution is 2.51. The lowest BCUT2D eigenvalue weighted by Gasteiger charge is -2.43. The number of benzene rings is 2. The Labute approximate surface area is 526 Å². The van der Waals surface area contributed by atoms with E-state index in [9.17, 15) is 9.59 Å². The number of hydrogen-bond donors (Lipinski definition) is 2. The minimum Gasteiger partial charge on any atom is -0.496 e. The van der Waals surface area contributed by atoms with E-state index in [0.29, 0.717) is 88.1 Å². The Morgan fingerprint density at radius 2 is 1.11 bits per heavy atom. The van der Waals surface area contributed by atoms with Gasteiger partial charge in [-0.15, -0.1) is 0 Å². The monoisotopic (exact) mass is 1240 g/mol. The first kappa shape index (κ1) is 62.0. The number of fused-ring (bicyclic) bond motifs is 6. The van der Waals surface area contributed by atoms with Gasteiger partial charge in [-0.25, -0.2) is 37.7 Å². The van der Waals surface area contributed by atoms with Crippen molar-refractivity contribution in [2.24, 2.45) is 0 Å². The van der Waals surface area contributed by atoms with Crippen LogP contribution < -0.4 is 20.1 Å². The molecule has 6 atom stereocenters. The summed E-state index contributed by atoms with van der Waals surface area (Å²) in [6, 6.07) is 12.3. The minimum atomic E-state index is -1.15. The molecule has 6 aliphatic heterocycles. The van der Waals surface area contributed by atoms with E-state index in [1.807, 2.05) is 81.6 Å². The second kappa shape index (κ2) is 24.3. The van der Waals surface area contributed by atoms with Gasteiger partial charge in [-0.3, -0.25) is 9.80 Å². The molecule has 90 heavy (non-hydrogen) atoms. The summed E-state index contributed by atoms with van der Waals surface area (Å²) in [5.41, 5.74) is 5.27. The van der Waals surface area contributed by atoms with Gasteiger partial charge in [0.05, 0.1) is 55.6 Å². The first-order chi connectivity index (χ1) is 43.0. The van der Waals surface area contributed by atoms with Crippen LogP contribution in [-0.2, 0) is 31.8 Å². The first-order valence-corrected chi connectivity index (χ1v) is 32.7. The molecule has 22 heteroatoms. The molecule has 0 bridgehead atoms. The summed E-state index contributed by atoms with van der Waals surface area (Å²) >= 11 is 0. The maximum atomic E-state index is 15.4. The number of anilines is 2. The first-order valence-electron chi connectivity index (χ1n) is 32.7. The predicted molar refractivity (Wildman–Crippen MR) is 339 cm³/mol. The molecule has 4 saturated heterocycles. The Hall–Kier alpha value is -6.88. The molecule has 2 N–H and O–H groups in total. The van der Waals surface area contributed by atoms with Gasteiger partial charge in [-0.1, -0.05) is 12.1 Å². The quantitative estimate of drug-likeness (QED) is 0.105. The van der Waals surface area contributed by atoms with Gasteiger partial charge in [0.2, 0.25) is 0 Å². The Bertz CT molecular complexity index is 3460. The van der Waals surface area contributed by atoms with Gasteiger partial charge in [-0.05, 0) is 167 Å². The van der Waals surface area contributed by atoms with Gasteiger partial charge >= 0.3 is 12.2 Å². The number of alkyl halides is 2. The van der Waals surface area contributed by atoms with Gasteiger partial charge < -0.3 is 48.9 Å². The van der Waals surface area contributed by atoms with E-state index < -0.39 is 22.5 Å². The zero-order chi connectivity index (χ0) is 63.0. The lowest BCUT2D eigenvalue weighted by atomic mass is 9.83. The van der Waals surface area contributed by atoms with E-state index in [0.717, 1.165) is 109 Å². The summed E-state index contributed by atoms with van der Waals surface area (Å²) in [5.74, 6) is 2.74. The van der Waals surface area contributed by atoms with Crippen molar-refractivity contribution in [3.63, 3.8) is 0 Å². The van der Waals surface area contributed by atoms with Crippen molar-refractivity contribution in [2.45, 2.75) is 204 Å². The lowest BCUT2D eigenvalue weighted by molar-refractivity contribution is -0.0390. The third-order valence-electron chi connectivity index (χ3n) is 19.2. The number of aromatic nitrogens is 6. The fourth-order valence-corrected chi connectivity index (χ4v) is 14.0. The molecule has 14 rings (SSSR count). The summed E-state index contributed by atoms with van der Waals surface area (Å²) in [4.78, 5) is 42.3. The molecule has 0 radical (unpaired) electrons. The van der Waals surface area contributed by atoms with Crippen molar-refractivity contribution in [2.75, 3.05) is 77.3 Å². The van der Waals surface area contributed by atoms with E-state index in [2.05, 4.69) is 64.7 Å². The fraction of sp³-hybridized carbons (Fsp3) is 0.618. The van der Waals surface area contributed by atoms with E-state index >= 15 is 8.78 Å². The Morgan fingerprint density at radius 3 is 1.57 bits per heavy atom. The smallest absolute Gasteiger partial charge is 0.410 e. The van der Waals surface area contributed by atoms with Gasteiger partial charge in [-0.2, -0.15) is 10.2 Å². The molecule has 6 fully saturated rings. The van der Waals surface area contributed by atoms with Crippen LogP contribution >= 0.6 is 0 Å². The zero-order valence-electron chi connectivity index (χ0n) is 54.0. The largest absolute Gasteiger partial charge is 0.496 e. The number of methoxy groups -OCH3 is 2. The van der Waals surface area contributed by atoms with Crippen LogP contribution in [0.4, 0.5) is 30.0 Å². The van der Waals surface area contributed by atoms with Crippen molar-refractivity contribution >= 4 is 45.6 Å². The highest BCUT2D eigenvalue weighted by molar-refractivity contribution is 5.85. The topological polar surface area (TPSA) is 188 Å².